The summed E-state index contributed by atoms with van der Waals surface area (Å²) < 4.78 is 0. The molecule has 0 saturated carbocycles. The fourth-order valence-electron chi connectivity index (χ4n) is 8.88. The number of hydrogen-bond donors (Lipinski definition) is 5. The highest BCUT2D eigenvalue weighted by Crippen LogP contribution is 2.22. The topological polar surface area (TPSA) is 296 Å². The molecule has 0 radical (unpaired) electrons. The zero-order valence-electron chi connectivity index (χ0n) is 49.2. The second-order valence-electron chi connectivity index (χ2n) is 22.6. The maximum absolute atomic E-state index is 14.6. The van der Waals surface area contributed by atoms with E-state index in [4.69, 9.17) is 0 Å². The van der Waals surface area contributed by atoms with Gasteiger partial charge in [-0.2, -0.15) is 0 Å². The van der Waals surface area contributed by atoms with E-state index in [0.29, 0.717) is 12.8 Å². The largest absolute Gasteiger partial charge is 0.481 e. The first kappa shape index (κ1) is 68.7. The molecule has 5 N–H and O–H groups in total. The van der Waals surface area contributed by atoms with E-state index in [1.165, 1.54) is 77.9 Å². The highest BCUT2D eigenvalue weighted by atomic mass is 16.4. The molecule has 0 aliphatic carbocycles. The van der Waals surface area contributed by atoms with Gasteiger partial charge in [-0.15, -0.1) is 0 Å². The molecule has 1 heterocycles. The Balaban J connectivity index is 3.90. The Morgan fingerprint density at radius 1 is 0.494 bits per heavy atom. The van der Waals surface area contributed by atoms with E-state index >= 15 is 0 Å². The number of carboxylic acids is 1. The molecule has 438 valence electrons. The van der Waals surface area contributed by atoms with Crippen molar-refractivity contribution >= 4 is 70.9 Å². The van der Waals surface area contributed by atoms with Crippen LogP contribution >= 0.6 is 0 Å². The van der Waals surface area contributed by atoms with Gasteiger partial charge >= 0.3 is 5.97 Å². The van der Waals surface area contributed by atoms with Crippen molar-refractivity contribution in [1.82, 2.24) is 55.6 Å². The van der Waals surface area contributed by atoms with Crippen molar-refractivity contribution in [2.24, 2.45) is 29.6 Å². The molecule has 1 saturated heterocycles. The first-order valence-electron chi connectivity index (χ1n) is 26.7. The summed E-state index contributed by atoms with van der Waals surface area (Å²) in [6, 6.07) is -8.10. The van der Waals surface area contributed by atoms with Crippen LogP contribution in [0.1, 0.15) is 121 Å². The molecule has 11 amide bonds. The van der Waals surface area contributed by atoms with E-state index < -0.39 is 145 Å². The summed E-state index contributed by atoms with van der Waals surface area (Å²) in [4.78, 5) is 173. The number of aliphatic carboxylic acids is 1. The number of amides is 11. The Morgan fingerprint density at radius 3 is 1.44 bits per heavy atom. The molecule has 1 aliphatic rings. The number of nitrogens with zero attached hydrogens (tertiary/aromatic N) is 7. The third-order valence-corrected chi connectivity index (χ3v) is 13.8. The molecular weight excluding hydrogens is 999 g/mol. The number of carbonyl (C=O) groups is 12. The molecule has 0 aromatic heterocycles. The van der Waals surface area contributed by atoms with Crippen LogP contribution in [0.2, 0.25) is 0 Å². The number of rotatable bonds is 13. The van der Waals surface area contributed by atoms with E-state index in [2.05, 4.69) is 21.3 Å². The van der Waals surface area contributed by atoms with Crippen molar-refractivity contribution in [3.63, 3.8) is 0 Å². The molecule has 24 heteroatoms. The van der Waals surface area contributed by atoms with Gasteiger partial charge in [-0.25, -0.2) is 0 Å². The fourth-order valence-corrected chi connectivity index (χ4v) is 8.88. The standard InChI is InChI=1S/C53H93N11O13/c1-30(2)22-37-49(73)57-46(33(7)8)53(77)59(13)27-41(65)55-35(10)47(71)56-36(11)50(74)63(17)40(24-32(5)6)52(76)64(18)39(23-31(3)4)51(75)60(14)29-44(68)62(16)38(25-34(9)20-19-21-45(69)70)48(72)54-26-42(66)58(12)28-43(67)61(37)15/h30-40,46H,19-29H2,1-18H3,(H,54,72)(H,55,65)(H,56,71)(H,57,73)(H,69,70)/t34-,35+,36+,37+,38?,39+,40+,46?/m1/s1. The zero-order chi connectivity index (χ0) is 59.5. The van der Waals surface area contributed by atoms with E-state index in [-0.39, 0.29) is 55.8 Å². The van der Waals surface area contributed by atoms with Gasteiger partial charge in [0, 0.05) is 55.8 Å². The van der Waals surface area contributed by atoms with Crippen LogP contribution in [0, 0.1) is 29.6 Å². The molecule has 1 rings (SSSR count). The number of carbonyl (C=O) groups excluding carboxylic acids is 11. The minimum atomic E-state index is -1.21. The van der Waals surface area contributed by atoms with Crippen LogP contribution in [0.3, 0.4) is 0 Å². The predicted molar refractivity (Wildman–Crippen MR) is 288 cm³/mol. The second-order valence-corrected chi connectivity index (χ2v) is 22.6. The highest BCUT2D eigenvalue weighted by Gasteiger charge is 2.40. The molecule has 1 fully saturated rings. The molecule has 1 aliphatic heterocycles. The van der Waals surface area contributed by atoms with Crippen LogP contribution in [0.5, 0.6) is 0 Å². The van der Waals surface area contributed by atoms with Crippen LogP contribution in [0.15, 0.2) is 0 Å². The molecule has 0 aromatic rings. The molecule has 0 bridgehead atoms. The Bertz CT molecular complexity index is 2100. The SMILES string of the molecule is CC(C)C[C@H]1C(=O)NC(C(C)C)C(=O)N(C)CC(=O)N[C@@H](C)C(=O)N[C@@H](C)C(=O)N(C)[C@@H](CC(C)C)C(=O)N(C)[C@@H](CC(C)C)C(=O)N(C)CC(=O)N(C)C(C[C@H](C)CCCC(=O)O)C(=O)NCC(=O)N(C)CC(=O)N1C. The second kappa shape index (κ2) is 31.8. The molecule has 77 heavy (non-hydrogen) atoms. The van der Waals surface area contributed by atoms with Crippen molar-refractivity contribution in [3.8, 4) is 0 Å². The lowest BCUT2D eigenvalue weighted by Gasteiger charge is -2.38. The number of nitrogens with one attached hydrogen (secondary N) is 4. The third-order valence-electron chi connectivity index (χ3n) is 13.8. The van der Waals surface area contributed by atoms with Crippen LogP contribution in [0.25, 0.3) is 0 Å². The van der Waals surface area contributed by atoms with Gasteiger partial charge in [-0.3, -0.25) is 57.5 Å². The van der Waals surface area contributed by atoms with Crippen molar-refractivity contribution in [2.45, 2.75) is 163 Å². The van der Waals surface area contributed by atoms with E-state index in [0.717, 1.165) is 19.6 Å². The van der Waals surface area contributed by atoms with Gasteiger partial charge in [0.2, 0.25) is 65.0 Å². The van der Waals surface area contributed by atoms with Gasteiger partial charge in [-0.1, -0.05) is 68.7 Å². The van der Waals surface area contributed by atoms with Crippen LogP contribution in [-0.4, -0.2) is 228 Å². The van der Waals surface area contributed by atoms with E-state index in [9.17, 15) is 62.6 Å². The molecule has 0 spiro atoms. The lowest BCUT2D eigenvalue weighted by molar-refractivity contribution is -0.152. The average molecular weight is 1090 g/mol. The molecule has 2 unspecified atom stereocenters. The first-order chi connectivity index (χ1) is 35.5. The summed E-state index contributed by atoms with van der Waals surface area (Å²) >= 11 is 0. The van der Waals surface area contributed by atoms with Gasteiger partial charge in [0.25, 0.3) is 0 Å². The normalized spacial score (nSPS) is 24.8. The average Bonchev–Trinajstić information content (AvgIpc) is 3.33. The van der Waals surface area contributed by atoms with Gasteiger partial charge < -0.3 is 60.7 Å². The van der Waals surface area contributed by atoms with Gasteiger partial charge in [-0.05, 0) is 75.5 Å². The van der Waals surface area contributed by atoms with Gasteiger partial charge in [0.15, 0.2) is 0 Å². The molecule has 24 nitrogen and oxygen atoms in total. The number of hydrogen-bond acceptors (Lipinski definition) is 12. The van der Waals surface area contributed by atoms with Crippen molar-refractivity contribution < 1.29 is 62.6 Å². The van der Waals surface area contributed by atoms with Crippen LogP contribution in [-0.2, 0) is 57.5 Å². The van der Waals surface area contributed by atoms with Crippen molar-refractivity contribution in [3.05, 3.63) is 0 Å². The van der Waals surface area contributed by atoms with Crippen molar-refractivity contribution in [2.75, 3.05) is 75.5 Å². The Kier molecular flexibility index (Phi) is 28.3. The summed E-state index contributed by atoms with van der Waals surface area (Å²) in [7, 11) is 9.69. The third kappa shape index (κ3) is 21.9. The zero-order valence-corrected chi connectivity index (χ0v) is 49.2. The molecular formula is C53H93N11O13. The lowest BCUT2D eigenvalue weighted by Crippen LogP contribution is -2.59. The van der Waals surface area contributed by atoms with Gasteiger partial charge in [0.1, 0.15) is 42.3 Å². The Morgan fingerprint density at radius 2 is 0.948 bits per heavy atom. The minimum absolute atomic E-state index is 0.0462. The minimum Gasteiger partial charge on any atom is -0.481 e. The molecule has 8 atom stereocenters. The quantitative estimate of drug-likeness (QED) is 0.167. The van der Waals surface area contributed by atoms with E-state index in [1.807, 2.05) is 41.5 Å². The summed E-state index contributed by atoms with van der Waals surface area (Å²) in [5.41, 5.74) is 0. The Labute approximate surface area is 456 Å². The first-order valence-corrected chi connectivity index (χ1v) is 26.7. The highest BCUT2D eigenvalue weighted by molar-refractivity contribution is 5.98. The van der Waals surface area contributed by atoms with E-state index in [1.54, 1.807) is 20.8 Å². The lowest BCUT2D eigenvalue weighted by atomic mass is 9.94. The maximum atomic E-state index is 14.6. The molecule has 0 aromatic carbocycles. The summed E-state index contributed by atoms with van der Waals surface area (Å²) in [5, 5.41) is 19.7. The Hall–Kier alpha value is -6.36. The monoisotopic (exact) mass is 1090 g/mol. The summed E-state index contributed by atoms with van der Waals surface area (Å²) in [6.45, 7) is 16.9. The number of likely N-dealkylation sites (N-methyl/N-ethyl adjacent to an activating group) is 7. The smallest absolute Gasteiger partial charge is 0.303 e. The fraction of sp³-hybridized carbons (Fsp3) is 0.774. The summed E-state index contributed by atoms with van der Waals surface area (Å²) in [6.07, 6.45) is 1.10. The predicted octanol–water partition coefficient (Wildman–Crippen LogP) is 0.369. The summed E-state index contributed by atoms with van der Waals surface area (Å²) in [5.74, 6) is -9.50. The maximum Gasteiger partial charge on any atom is 0.303 e. The van der Waals surface area contributed by atoms with Gasteiger partial charge in [0.05, 0.1) is 26.2 Å². The number of carboxylic acid groups (broad SMARTS) is 1. The van der Waals surface area contributed by atoms with Crippen LogP contribution < -0.4 is 21.3 Å². The van der Waals surface area contributed by atoms with Crippen molar-refractivity contribution in [1.29, 1.82) is 0 Å². The van der Waals surface area contributed by atoms with Crippen LogP contribution in [0.4, 0.5) is 0 Å².